The molecule has 1 unspecified atom stereocenters. The highest BCUT2D eigenvalue weighted by Gasteiger charge is 2.30. The molecule has 0 radical (unpaired) electrons. The molecule has 0 saturated carbocycles. The summed E-state index contributed by atoms with van der Waals surface area (Å²) in [6.45, 7) is 5.04. The van der Waals surface area contributed by atoms with Gasteiger partial charge in [0.05, 0.1) is 0 Å². The van der Waals surface area contributed by atoms with E-state index in [2.05, 4.69) is 20.6 Å². The standard InChI is InChI=1S/C14H18N6O2/c1-9(2)20-6-4-10(7-12(20)21)14(22)19-5-3-11(8-19)13-15-17-18-16-13/h4,6-7,9,11H,3,5,8H2,1-2H3,(H,15,16,17,18). The van der Waals surface area contributed by atoms with Gasteiger partial charge >= 0.3 is 0 Å². The minimum Gasteiger partial charge on any atom is -0.338 e. The summed E-state index contributed by atoms with van der Waals surface area (Å²) in [6.07, 6.45) is 2.47. The number of nitrogens with zero attached hydrogens (tertiary/aromatic N) is 5. The van der Waals surface area contributed by atoms with Crippen molar-refractivity contribution in [2.75, 3.05) is 13.1 Å². The Bertz CT molecular complexity index is 721. The third-order valence-electron chi connectivity index (χ3n) is 3.95. The maximum atomic E-state index is 12.5. The Morgan fingerprint density at radius 2 is 2.27 bits per heavy atom. The van der Waals surface area contributed by atoms with Gasteiger partial charge < -0.3 is 9.47 Å². The Kier molecular flexibility index (Phi) is 3.74. The number of amides is 1. The van der Waals surface area contributed by atoms with Crippen LogP contribution in [0.25, 0.3) is 0 Å². The zero-order valence-corrected chi connectivity index (χ0v) is 12.6. The highest BCUT2D eigenvalue weighted by molar-refractivity contribution is 5.94. The topological polar surface area (TPSA) is 96.8 Å². The van der Waals surface area contributed by atoms with Crippen LogP contribution in [0.5, 0.6) is 0 Å². The number of H-pyrrole nitrogens is 1. The van der Waals surface area contributed by atoms with Gasteiger partial charge in [-0.25, -0.2) is 0 Å². The quantitative estimate of drug-likeness (QED) is 0.894. The molecule has 8 heteroatoms. The minimum absolute atomic E-state index is 0.0751. The number of hydrogen-bond acceptors (Lipinski definition) is 5. The van der Waals surface area contributed by atoms with Gasteiger partial charge in [0.2, 0.25) is 0 Å². The molecule has 2 aromatic rings. The molecule has 1 aliphatic heterocycles. The average molecular weight is 302 g/mol. The Labute approximate surface area is 127 Å². The van der Waals surface area contributed by atoms with E-state index in [0.717, 1.165) is 6.42 Å². The number of carbonyl (C=O) groups excluding carboxylic acids is 1. The molecule has 1 atom stereocenters. The van der Waals surface area contributed by atoms with Gasteiger partial charge in [-0.2, -0.15) is 5.21 Å². The summed E-state index contributed by atoms with van der Waals surface area (Å²) in [7, 11) is 0. The van der Waals surface area contributed by atoms with Gasteiger partial charge in [-0.15, -0.1) is 10.2 Å². The Morgan fingerprint density at radius 1 is 1.45 bits per heavy atom. The second kappa shape index (κ2) is 5.70. The highest BCUT2D eigenvalue weighted by Crippen LogP contribution is 2.24. The largest absolute Gasteiger partial charge is 0.338 e. The third kappa shape index (κ3) is 2.63. The first-order valence-corrected chi connectivity index (χ1v) is 7.31. The van der Waals surface area contributed by atoms with Gasteiger partial charge in [-0.3, -0.25) is 9.59 Å². The summed E-state index contributed by atoms with van der Waals surface area (Å²) in [5.41, 5.74) is 0.269. The van der Waals surface area contributed by atoms with E-state index in [1.165, 1.54) is 6.07 Å². The van der Waals surface area contributed by atoms with Crippen molar-refractivity contribution in [3.63, 3.8) is 0 Å². The van der Waals surface area contributed by atoms with Crippen molar-refractivity contribution in [1.82, 2.24) is 30.1 Å². The smallest absolute Gasteiger partial charge is 0.254 e. The molecule has 8 nitrogen and oxygen atoms in total. The van der Waals surface area contributed by atoms with Crippen LogP contribution in [0.2, 0.25) is 0 Å². The van der Waals surface area contributed by atoms with E-state index < -0.39 is 0 Å². The fourth-order valence-electron chi connectivity index (χ4n) is 2.73. The number of aromatic amines is 1. The maximum absolute atomic E-state index is 12.5. The number of nitrogens with one attached hydrogen (secondary N) is 1. The lowest BCUT2D eigenvalue weighted by Crippen LogP contribution is -2.30. The lowest BCUT2D eigenvalue weighted by atomic mass is 10.1. The molecule has 1 amide bonds. The van der Waals surface area contributed by atoms with E-state index >= 15 is 0 Å². The van der Waals surface area contributed by atoms with Gasteiger partial charge in [0.15, 0.2) is 5.82 Å². The molecule has 1 saturated heterocycles. The number of hydrogen-bond donors (Lipinski definition) is 1. The van der Waals surface area contributed by atoms with E-state index in [4.69, 9.17) is 0 Å². The van der Waals surface area contributed by atoms with Crippen LogP contribution < -0.4 is 5.56 Å². The van der Waals surface area contributed by atoms with Crippen LogP contribution in [0, 0.1) is 0 Å². The molecule has 3 rings (SSSR count). The van der Waals surface area contributed by atoms with E-state index in [1.807, 2.05) is 13.8 Å². The molecule has 116 valence electrons. The molecule has 1 aliphatic rings. The second-order valence-electron chi connectivity index (χ2n) is 5.76. The van der Waals surface area contributed by atoms with Crippen LogP contribution >= 0.6 is 0 Å². The molecule has 2 aromatic heterocycles. The van der Waals surface area contributed by atoms with Crippen molar-refractivity contribution in [3.05, 3.63) is 40.1 Å². The van der Waals surface area contributed by atoms with Crippen LogP contribution in [0.4, 0.5) is 0 Å². The highest BCUT2D eigenvalue weighted by atomic mass is 16.2. The van der Waals surface area contributed by atoms with Crippen molar-refractivity contribution >= 4 is 5.91 Å². The first-order valence-electron chi connectivity index (χ1n) is 7.31. The third-order valence-corrected chi connectivity index (χ3v) is 3.95. The van der Waals surface area contributed by atoms with Gasteiger partial charge in [0.1, 0.15) is 0 Å². The van der Waals surface area contributed by atoms with Gasteiger partial charge in [-0.1, -0.05) is 5.21 Å². The molecule has 0 aromatic carbocycles. The normalized spacial score (nSPS) is 18.1. The first-order chi connectivity index (χ1) is 10.6. The van der Waals surface area contributed by atoms with Crippen LogP contribution in [0.1, 0.15) is 48.4 Å². The van der Waals surface area contributed by atoms with Gasteiger partial charge in [0, 0.05) is 42.9 Å². The zero-order chi connectivity index (χ0) is 15.7. The fourth-order valence-corrected chi connectivity index (χ4v) is 2.73. The van der Waals surface area contributed by atoms with Crippen LogP contribution in [-0.2, 0) is 0 Å². The zero-order valence-electron chi connectivity index (χ0n) is 12.6. The van der Waals surface area contributed by atoms with Gasteiger partial charge in [0.25, 0.3) is 11.5 Å². The summed E-state index contributed by atoms with van der Waals surface area (Å²) in [5, 5.41) is 13.9. The molecular formula is C14H18N6O2. The lowest BCUT2D eigenvalue weighted by Gasteiger charge is -2.17. The Balaban J connectivity index is 1.75. The molecule has 0 aliphatic carbocycles. The van der Waals surface area contributed by atoms with E-state index in [1.54, 1.807) is 21.7 Å². The van der Waals surface area contributed by atoms with Crippen molar-refractivity contribution < 1.29 is 4.79 Å². The summed E-state index contributed by atoms with van der Waals surface area (Å²) in [6, 6.07) is 3.18. The lowest BCUT2D eigenvalue weighted by molar-refractivity contribution is 0.0790. The number of likely N-dealkylation sites (tertiary alicyclic amines) is 1. The molecule has 1 fully saturated rings. The predicted octanol–water partition coefficient (Wildman–Crippen LogP) is 0.572. The predicted molar refractivity (Wildman–Crippen MR) is 78.5 cm³/mol. The summed E-state index contributed by atoms with van der Waals surface area (Å²) in [5.74, 6) is 0.600. The van der Waals surface area contributed by atoms with Crippen molar-refractivity contribution in [2.24, 2.45) is 0 Å². The van der Waals surface area contributed by atoms with E-state index in [0.29, 0.717) is 24.5 Å². The van der Waals surface area contributed by atoms with Gasteiger partial charge in [-0.05, 0) is 26.3 Å². The number of pyridine rings is 1. The molecule has 0 bridgehead atoms. The molecular weight excluding hydrogens is 284 g/mol. The maximum Gasteiger partial charge on any atom is 0.254 e. The number of aromatic nitrogens is 5. The molecule has 3 heterocycles. The van der Waals surface area contributed by atoms with E-state index in [-0.39, 0.29) is 23.4 Å². The van der Waals surface area contributed by atoms with E-state index in [9.17, 15) is 9.59 Å². The fraction of sp³-hybridized carbons (Fsp3) is 0.500. The summed E-state index contributed by atoms with van der Waals surface area (Å²) >= 11 is 0. The minimum atomic E-state index is -0.158. The van der Waals surface area contributed by atoms with Crippen LogP contribution in [0.15, 0.2) is 23.1 Å². The first kappa shape index (κ1) is 14.4. The Morgan fingerprint density at radius 3 is 2.91 bits per heavy atom. The second-order valence-corrected chi connectivity index (χ2v) is 5.76. The molecule has 0 spiro atoms. The Hall–Kier alpha value is -2.51. The van der Waals surface area contributed by atoms with Crippen LogP contribution in [0.3, 0.4) is 0 Å². The summed E-state index contributed by atoms with van der Waals surface area (Å²) < 4.78 is 1.60. The number of tetrazole rings is 1. The van der Waals surface area contributed by atoms with Crippen molar-refractivity contribution in [2.45, 2.75) is 32.2 Å². The number of carbonyl (C=O) groups is 1. The van der Waals surface area contributed by atoms with Crippen LogP contribution in [-0.4, -0.2) is 49.1 Å². The molecule has 22 heavy (non-hydrogen) atoms. The number of rotatable bonds is 3. The van der Waals surface area contributed by atoms with Crippen molar-refractivity contribution in [3.8, 4) is 0 Å². The van der Waals surface area contributed by atoms with Crippen molar-refractivity contribution in [1.29, 1.82) is 0 Å². The monoisotopic (exact) mass is 302 g/mol. The summed E-state index contributed by atoms with van der Waals surface area (Å²) in [4.78, 5) is 26.3. The average Bonchev–Trinajstić information content (AvgIpc) is 3.16. The SMILES string of the molecule is CC(C)n1ccc(C(=O)N2CCC(c3nn[nH]n3)C2)cc1=O. The molecule has 1 N–H and O–H groups in total.